The third-order valence-corrected chi connectivity index (χ3v) is 3.87. The number of hydrogen-bond donors (Lipinski definition) is 1. The van der Waals surface area contributed by atoms with Crippen molar-refractivity contribution in [3.8, 4) is 0 Å². The number of hydrogen-bond acceptors (Lipinski definition) is 4. The Bertz CT molecular complexity index is 539. The number of nitrogens with zero attached hydrogens (tertiary/aromatic N) is 2. The summed E-state index contributed by atoms with van der Waals surface area (Å²) in [6.45, 7) is 2.48. The highest BCUT2D eigenvalue weighted by Gasteiger charge is 2.25. The Morgan fingerprint density at radius 2 is 2.12 bits per heavy atom. The average Bonchev–Trinajstić information content (AvgIpc) is 2.33. The van der Waals surface area contributed by atoms with Crippen molar-refractivity contribution < 1.29 is 13.5 Å². The Morgan fingerprint density at radius 3 is 2.82 bits per heavy atom. The maximum atomic E-state index is 11.7. The molecule has 1 aliphatic heterocycles. The number of rotatable bonds is 3. The first kappa shape index (κ1) is 12.1. The van der Waals surface area contributed by atoms with Crippen LogP contribution in [0.2, 0.25) is 0 Å². The Labute approximate surface area is 100 Å². The van der Waals surface area contributed by atoms with Crippen LogP contribution < -0.4 is 4.90 Å². The van der Waals surface area contributed by atoms with Crippen molar-refractivity contribution in [2.75, 3.05) is 18.1 Å². The molecule has 17 heavy (non-hydrogen) atoms. The fraction of sp³-hybridized carbons (Fsp3) is 0.364. The summed E-state index contributed by atoms with van der Waals surface area (Å²) in [7, 11) is -3.55. The lowest BCUT2D eigenvalue weighted by Crippen LogP contribution is -2.32. The van der Waals surface area contributed by atoms with E-state index in [2.05, 4.69) is 4.40 Å². The Morgan fingerprint density at radius 1 is 1.41 bits per heavy atom. The maximum absolute atomic E-state index is 11.7. The van der Waals surface area contributed by atoms with E-state index in [1.807, 2.05) is 6.92 Å². The van der Waals surface area contributed by atoms with Crippen molar-refractivity contribution in [1.82, 2.24) is 0 Å². The van der Waals surface area contributed by atoms with Crippen LogP contribution in [0.3, 0.4) is 0 Å². The summed E-state index contributed by atoms with van der Waals surface area (Å²) in [5, 5.41) is 9.03. The smallest absolute Gasteiger partial charge is 0.285 e. The van der Waals surface area contributed by atoms with Gasteiger partial charge in [-0.1, -0.05) is 19.1 Å². The number of para-hydroxylation sites is 1. The van der Waals surface area contributed by atoms with Gasteiger partial charge in [-0.2, -0.15) is 8.42 Å². The summed E-state index contributed by atoms with van der Waals surface area (Å²) in [4.78, 5) is 1.96. The van der Waals surface area contributed by atoms with Crippen molar-refractivity contribution in [2.45, 2.75) is 11.8 Å². The normalized spacial score (nSPS) is 18.8. The number of anilines is 1. The van der Waals surface area contributed by atoms with E-state index in [1.165, 1.54) is 12.4 Å². The summed E-state index contributed by atoms with van der Waals surface area (Å²) >= 11 is 0. The molecule has 0 radical (unpaired) electrons. The van der Waals surface area contributed by atoms with Gasteiger partial charge in [-0.15, -0.1) is 4.40 Å². The van der Waals surface area contributed by atoms with Crippen LogP contribution in [0.25, 0.3) is 0 Å². The monoisotopic (exact) mass is 254 g/mol. The van der Waals surface area contributed by atoms with Crippen molar-refractivity contribution in [3.63, 3.8) is 0 Å². The highest BCUT2D eigenvalue weighted by molar-refractivity contribution is 7.90. The van der Waals surface area contributed by atoms with Gasteiger partial charge in [-0.3, -0.25) is 0 Å². The van der Waals surface area contributed by atoms with E-state index in [0.717, 1.165) is 0 Å². The van der Waals surface area contributed by atoms with Crippen molar-refractivity contribution in [3.05, 3.63) is 24.3 Å². The first-order valence-corrected chi connectivity index (χ1v) is 6.75. The van der Waals surface area contributed by atoms with Gasteiger partial charge in [0.2, 0.25) is 0 Å². The van der Waals surface area contributed by atoms with Gasteiger partial charge in [0.25, 0.3) is 10.0 Å². The Balaban J connectivity index is 2.40. The molecule has 0 aliphatic carbocycles. The number of sulfonamides is 1. The zero-order chi connectivity index (χ0) is 12.5. The number of fused-ring (bicyclic) bond motifs is 1. The molecule has 0 bridgehead atoms. The van der Waals surface area contributed by atoms with Crippen molar-refractivity contribution in [2.24, 2.45) is 10.3 Å². The van der Waals surface area contributed by atoms with Crippen LogP contribution in [0.4, 0.5) is 5.69 Å². The molecule has 0 aromatic heterocycles. The summed E-state index contributed by atoms with van der Waals surface area (Å²) in [6, 6.07) is 6.73. The summed E-state index contributed by atoms with van der Waals surface area (Å²) in [5.74, 6) is 0.0512. The molecule has 0 amide bonds. The fourth-order valence-electron chi connectivity index (χ4n) is 1.69. The van der Waals surface area contributed by atoms with Crippen LogP contribution in [-0.2, 0) is 10.0 Å². The first-order valence-electron chi connectivity index (χ1n) is 5.31. The number of aliphatic hydroxyl groups is 1. The molecule has 1 aliphatic rings. The van der Waals surface area contributed by atoms with E-state index in [9.17, 15) is 8.42 Å². The van der Waals surface area contributed by atoms with E-state index in [4.69, 9.17) is 5.11 Å². The van der Waals surface area contributed by atoms with Crippen LogP contribution in [0.1, 0.15) is 6.92 Å². The van der Waals surface area contributed by atoms with Crippen molar-refractivity contribution in [1.29, 1.82) is 0 Å². The molecule has 0 fully saturated rings. The summed E-state index contributed by atoms with van der Waals surface area (Å²) in [5.41, 5.74) is 0.614. The second kappa shape index (κ2) is 4.46. The fourth-order valence-corrected chi connectivity index (χ4v) is 2.74. The van der Waals surface area contributed by atoms with Crippen LogP contribution in [0.15, 0.2) is 33.6 Å². The molecular weight excluding hydrogens is 240 g/mol. The second-order valence-corrected chi connectivity index (χ2v) is 5.70. The van der Waals surface area contributed by atoms with Crippen LogP contribution in [0.5, 0.6) is 0 Å². The Hall–Kier alpha value is -1.40. The zero-order valence-electron chi connectivity index (χ0n) is 9.44. The number of benzene rings is 1. The summed E-state index contributed by atoms with van der Waals surface area (Å²) in [6.07, 6.45) is 1.31. The van der Waals surface area contributed by atoms with Gasteiger partial charge in [0.05, 0.1) is 5.69 Å². The van der Waals surface area contributed by atoms with Gasteiger partial charge in [0.1, 0.15) is 11.2 Å². The molecule has 1 heterocycles. The van der Waals surface area contributed by atoms with Crippen LogP contribution in [0, 0.1) is 5.92 Å². The molecule has 1 N–H and O–H groups in total. The van der Waals surface area contributed by atoms with E-state index in [-0.39, 0.29) is 17.4 Å². The summed E-state index contributed by atoms with van der Waals surface area (Å²) < 4.78 is 27.0. The predicted molar refractivity (Wildman–Crippen MR) is 65.7 cm³/mol. The molecule has 1 aromatic rings. The highest BCUT2D eigenvalue weighted by atomic mass is 32.2. The van der Waals surface area contributed by atoms with Crippen LogP contribution >= 0.6 is 0 Å². The quantitative estimate of drug-likeness (QED) is 0.868. The number of aliphatic hydroxyl groups excluding tert-OH is 1. The molecule has 92 valence electrons. The third kappa shape index (κ3) is 2.32. The molecule has 1 aromatic carbocycles. The lowest BCUT2D eigenvalue weighted by Gasteiger charge is -2.26. The molecule has 1 unspecified atom stereocenters. The zero-order valence-corrected chi connectivity index (χ0v) is 10.3. The minimum absolute atomic E-state index is 0.0512. The topological polar surface area (TPSA) is 70.0 Å². The van der Waals surface area contributed by atoms with Gasteiger partial charge in [-0.25, -0.2) is 0 Å². The predicted octanol–water partition coefficient (Wildman–Crippen LogP) is 0.852. The minimum Gasteiger partial charge on any atom is -0.396 e. The molecule has 0 saturated carbocycles. The lowest BCUT2D eigenvalue weighted by molar-refractivity contribution is 0.241. The van der Waals surface area contributed by atoms with Gasteiger partial charge in [0.15, 0.2) is 0 Å². The first-order chi connectivity index (χ1) is 8.04. The molecular formula is C11H14N2O3S. The minimum atomic E-state index is -3.55. The van der Waals surface area contributed by atoms with Gasteiger partial charge >= 0.3 is 0 Å². The maximum Gasteiger partial charge on any atom is 0.285 e. The Kier molecular flexibility index (Phi) is 3.17. The van der Waals surface area contributed by atoms with E-state index >= 15 is 0 Å². The SMILES string of the molecule is CC(CO)CN1C=NS(=O)(=O)c2ccccc21. The van der Waals surface area contributed by atoms with E-state index in [1.54, 1.807) is 23.1 Å². The second-order valence-electron chi connectivity index (χ2n) is 4.10. The third-order valence-electron chi connectivity index (χ3n) is 2.60. The van der Waals surface area contributed by atoms with E-state index in [0.29, 0.717) is 12.2 Å². The van der Waals surface area contributed by atoms with Gasteiger partial charge < -0.3 is 10.0 Å². The molecule has 0 saturated heterocycles. The lowest BCUT2D eigenvalue weighted by atomic mass is 10.2. The van der Waals surface area contributed by atoms with Gasteiger partial charge in [0, 0.05) is 13.2 Å². The largest absolute Gasteiger partial charge is 0.396 e. The van der Waals surface area contributed by atoms with Gasteiger partial charge in [-0.05, 0) is 18.1 Å². The van der Waals surface area contributed by atoms with E-state index < -0.39 is 10.0 Å². The molecule has 6 heteroatoms. The average molecular weight is 254 g/mol. The molecule has 5 nitrogen and oxygen atoms in total. The van der Waals surface area contributed by atoms with Crippen LogP contribution in [-0.4, -0.2) is 33.0 Å². The standard InChI is InChI=1S/C11H14N2O3S/c1-9(7-14)6-13-8-12-17(15,16)11-5-3-2-4-10(11)13/h2-5,8-9,14H,6-7H2,1H3. The molecule has 2 rings (SSSR count). The van der Waals surface area contributed by atoms with Crippen molar-refractivity contribution >= 4 is 22.0 Å². The molecule has 0 spiro atoms. The highest BCUT2D eigenvalue weighted by Crippen LogP contribution is 2.29. The molecule has 1 atom stereocenters.